The predicted molar refractivity (Wildman–Crippen MR) is 223 cm³/mol. The topological polar surface area (TPSA) is 226 Å². The Bertz CT molecular complexity index is 2180. The molecule has 5 amide bonds. The number of aromatic amines is 1. The third-order valence-electron chi connectivity index (χ3n) is 10.8. The van der Waals surface area contributed by atoms with Crippen LogP contribution in [-0.4, -0.2) is 83.3 Å². The molecule has 4 atom stereocenters. The van der Waals surface area contributed by atoms with Crippen molar-refractivity contribution in [1.29, 1.82) is 0 Å². The molecule has 58 heavy (non-hydrogen) atoms. The number of nitrogens with zero attached hydrogens (tertiary/aromatic N) is 1. The van der Waals surface area contributed by atoms with Gasteiger partial charge in [-0.2, -0.15) is 0 Å². The molecule has 2 aromatic heterocycles. The first-order chi connectivity index (χ1) is 28.2. The number of carbonyl (C=O) groups excluding carboxylic acids is 5. The van der Waals surface area contributed by atoms with Gasteiger partial charge in [0.05, 0.1) is 0 Å². The standard InChI is InChI=1S/C44H53N9O5/c45-19-6-5-16-36(40(46)54)50-42(56)37(23-28-9-8-20-48-26-28)52-44(58)39(25-32-27-49-35-15-4-3-14-34(32)35)53-43(57)38(51-41(55)30-17-21-47-22-18-30)24-31-12-7-11-29-10-1-2-13-33(29)31/h1-4,7-15,20,26-27,30,36-39,47,49H,5-6,16-19,21-25,45H2,(H2,46,54)(H,50,56)(H,51,55)(H,52,58)(H,53,57)/t36-,37-,38+,39+/m0/s1. The normalized spacial score (nSPS) is 15.2. The quantitative estimate of drug-likeness (QED) is 0.0579. The minimum atomic E-state index is -1.18. The molecule has 0 aliphatic carbocycles. The molecule has 10 N–H and O–H groups in total. The second-order valence-corrected chi connectivity index (χ2v) is 14.9. The maximum Gasteiger partial charge on any atom is 0.243 e. The van der Waals surface area contributed by atoms with Crippen molar-refractivity contribution in [3.05, 3.63) is 114 Å². The van der Waals surface area contributed by atoms with Crippen molar-refractivity contribution in [3.63, 3.8) is 0 Å². The van der Waals surface area contributed by atoms with Gasteiger partial charge in [0.2, 0.25) is 29.5 Å². The second-order valence-electron chi connectivity index (χ2n) is 14.9. The highest BCUT2D eigenvalue weighted by molar-refractivity contribution is 5.97. The number of benzene rings is 3. The molecule has 1 aliphatic heterocycles. The molecular weight excluding hydrogens is 735 g/mol. The van der Waals surface area contributed by atoms with E-state index in [-0.39, 0.29) is 37.5 Å². The Morgan fingerprint density at radius 1 is 0.690 bits per heavy atom. The van der Waals surface area contributed by atoms with E-state index in [0.717, 1.165) is 32.8 Å². The van der Waals surface area contributed by atoms with Crippen molar-refractivity contribution in [2.24, 2.45) is 17.4 Å². The van der Waals surface area contributed by atoms with E-state index in [1.54, 1.807) is 30.7 Å². The van der Waals surface area contributed by atoms with Crippen LogP contribution in [0.25, 0.3) is 21.7 Å². The number of hydrogen-bond acceptors (Lipinski definition) is 8. The van der Waals surface area contributed by atoms with Crippen molar-refractivity contribution in [2.75, 3.05) is 19.6 Å². The van der Waals surface area contributed by atoms with Crippen molar-refractivity contribution < 1.29 is 24.0 Å². The average molecular weight is 788 g/mol. The van der Waals surface area contributed by atoms with Crippen LogP contribution in [0.15, 0.2) is 97.5 Å². The molecule has 1 saturated heterocycles. The molecule has 0 spiro atoms. The van der Waals surface area contributed by atoms with Crippen LogP contribution in [-0.2, 0) is 43.2 Å². The van der Waals surface area contributed by atoms with Crippen LogP contribution >= 0.6 is 0 Å². The lowest BCUT2D eigenvalue weighted by Gasteiger charge is -2.28. The summed E-state index contributed by atoms with van der Waals surface area (Å²) in [6.45, 7) is 1.83. The third kappa shape index (κ3) is 11.0. The van der Waals surface area contributed by atoms with E-state index in [9.17, 15) is 24.0 Å². The number of H-pyrrole nitrogens is 1. The maximum absolute atomic E-state index is 14.6. The van der Waals surface area contributed by atoms with Gasteiger partial charge in [0.15, 0.2) is 0 Å². The summed E-state index contributed by atoms with van der Waals surface area (Å²) < 4.78 is 0. The van der Waals surface area contributed by atoms with Gasteiger partial charge in [-0.1, -0.05) is 66.7 Å². The number of aromatic nitrogens is 2. The van der Waals surface area contributed by atoms with E-state index in [1.165, 1.54) is 0 Å². The Morgan fingerprint density at radius 3 is 2.03 bits per heavy atom. The van der Waals surface area contributed by atoms with Gasteiger partial charge in [-0.3, -0.25) is 29.0 Å². The zero-order valence-electron chi connectivity index (χ0n) is 32.5. The molecule has 1 aliphatic rings. The lowest BCUT2D eigenvalue weighted by atomic mass is 9.94. The van der Waals surface area contributed by atoms with Gasteiger partial charge in [-0.05, 0) is 91.3 Å². The van der Waals surface area contributed by atoms with Crippen LogP contribution in [0.1, 0.15) is 48.8 Å². The van der Waals surface area contributed by atoms with Crippen LogP contribution in [0, 0.1) is 5.92 Å². The first-order valence-corrected chi connectivity index (χ1v) is 20.0. The molecule has 0 saturated carbocycles. The summed E-state index contributed by atoms with van der Waals surface area (Å²) in [4.78, 5) is 76.6. The van der Waals surface area contributed by atoms with Crippen molar-refractivity contribution >= 4 is 51.2 Å². The Labute approximate surface area is 337 Å². The molecule has 6 rings (SSSR count). The highest BCUT2D eigenvalue weighted by Gasteiger charge is 2.33. The largest absolute Gasteiger partial charge is 0.368 e. The summed E-state index contributed by atoms with van der Waals surface area (Å²) in [6, 6.07) is 20.5. The van der Waals surface area contributed by atoms with Gasteiger partial charge >= 0.3 is 0 Å². The number of carbonyl (C=O) groups is 5. The fourth-order valence-corrected chi connectivity index (χ4v) is 7.56. The summed E-state index contributed by atoms with van der Waals surface area (Å²) in [5.74, 6) is -2.98. The number of nitrogens with one attached hydrogen (secondary N) is 6. The van der Waals surface area contributed by atoms with Gasteiger partial charge in [0, 0.05) is 54.7 Å². The van der Waals surface area contributed by atoms with Crippen molar-refractivity contribution in [2.45, 2.75) is 75.5 Å². The molecule has 304 valence electrons. The van der Waals surface area contributed by atoms with E-state index < -0.39 is 47.8 Å². The number of unbranched alkanes of at least 4 members (excludes halogenated alkanes) is 1. The summed E-state index contributed by atoms with van der Waals surface area (Å²) in [5.41, 5.74) is 14.5. The lowest BCUT2D eigenvalue weighted by Crippen LogP contribution is -2.59. The Morgan fingerprint density at radius 2 is 1.33 bits per heavy atom. The van der Waals surface area contributed by atoms with Crippen LogP contribution < -0.4 is 38.1 Å². The van der Waals surface area contributed by atoms with E-state index >= 15 is 0 Å². The van der Waals surface area contributed by atoms with Gasteiger partial charge in [-0.25, -0.2) is 0 Å². The SMILES string of the molecule is NCCCC[C@H](NC(=O)[C@H](Cc1cccnc1)NC(=O)[C@@H](Cc1c[nH]c2ccccc12)NC(=O)[C@@H](Cc1cccc2ccccc12)NC(=O)C1CCNCC1)C(N)=O. The number of pyridine rings is 1. The van der Waals surface area contributed by atoms with Crippen molar-refractivity contribution in [1.82, 2.24) is 36.6 Å². The molecular formula is C44H53N9O5. The number of primary amides is 1. The molecule has 5 aromatic rings. The van der Waals surface area contributed by atoms with Gasteiger partial charge in [0.1, 0.15) is 24.2 Å². The van der Waals surface area contributed by atoms with Crippen LogP contribution in [0.5, 0.6) is 0 Å². The summed E-state index contributed by atoms with van der Waals surface area (Å²) in [7, 11) is 0. The van der Waals surface area contributed by atoms with E-state index in [1.807, 2.05) is 66.7 Å². The molecule has 0 unspecified atom stereocenters. The first-order valence-electron chi connectivity index (χ1n) is 20.0. The Kier molecular flexibility index (Phi) is 14.6. The maximum atomic E-state index is 14.6. The fourth-order valence-electron chi connectivity index (χ4n) is 7.56. The minimum absolute atomic E-state index is 0.0451. The van der Waals surface area contributed by atoms with Crippen molar-refractivity contribution in [3.8, 4) is 0 Å². The monoisotopic (exact) mass is 787 g/mol. The molecule has 0 radical (unpaired) electrons. The Balaban J connectivity index is 1.30. The average Bonchev–Trinajstić information content (AvgIpc) is 3.65. The van der Waals surface area contributed by atoms with Gasteiger partial charge in [0.25, 0.3) is 0 Å². The molecule has 3 heterocycles. The summed E-state index contributed by atoms with van der Waals surface area (Å²) in [5, 5.41) is 17.7. The molecule has 3 aromatic carbocycles. The van der Waals surface area contributed by atoms with Gasteiger partial charge in [-0.15, -0.1) is 0 Å². The van der Waals surface area contributed by atoms with Crippen LogP contribution in [0.3, 0.4) is 0 Å². The fraction of sp³-hybridized carbons (Fsp3) is 0.364. The lowest BCUT2D eigenvalue weighted by molar-refractivity contribution is -0.135. The van der Waals surface area contributed by atoms with Gasteiger partial charge < -0.3 is 43.0 Å². The summed E-state index contributed by atoms with van der Waals surface area (Å²) in [6.07, 6.45) is 8.05. The predicted octanol–water partition coefficient (Wildman–Crippen LogP) is 2.30. The number of rotatable bonds is 19. The number of nitrogens with two attached hydrogens (primary N) is 2. The first kappa shape index (κ1) is 41.5. The highest BCUT2D eigenvalue weighted by Crippen LogP contribution is 2.22. The third-order valence-corrected chi connectivity index (χ3v) is 10.8. The zero-order valence-corrected chi connectivity index (χ0v) is 32.5. The van der Waals surface area contributed by atoms with E-state index in [4.69, 9.17) is 11.5 Å². The summed E-state index contributed by atoms with van der Waals surface area (Å²) >= 11 is 0. The highest BCUT2D eigenvalue weighted by atomic mass is 16.2. The van der Waals surface area contributed by atoms with Crippen LogP contribution in [0.2, 0.25) is 0 Å². The molecule has 14 nitrogen and oxygen atoms in total. The number of amides is 5. The number of piperidine rings is 1. The van der Waals surface area contributed by atoms with Crippen LogP contribution in [0.4, 0.5) is 0 Å². The number of para-hydroxylation sites is 1. The molecule has 1 fully saturated rings. The molecule has 14 heteroatoms. The smallest absolute Gasteiger partial charge is 0.243 e. The number of fused-ring (bicyclic) bond motifs is 2. The minimum Gasteiger partial charge on any atom is -0.368 e. The van der Waals surface area contributed by atoms with E-state index in [0.29, 0.717) is 50.9 Å². The number of hydrogen-bond donors (Lipinski definition) is 8. The second kappa shape index (κ2) is 20.3. The zero-order chi connectivity index (χ0) is 40.9. The molecule has 0 bridgehead atoms. The van der Waals surface area contributed by atoms with E-state index in [2.05, 4.69) is 36.6 Å². The Hall–Kier alpha value is -6.12.